The zero-order chi connectivity index (χ0) is 13.5. The van der Waals surface area contributed by atoms with Gasteiger partial charge in [0.15, 0.2) is 0 Å². The van der Waals surface area contributed by atoms with Crippen LogP contribution >= 0.6 is 0 Å². The summed E-state index contributed by atoms with van der Waals surface area (Å²) in [6, 6.07) is 0.687. The van der Waals surface area contributed by atoms with E-state index < -0.39 is 0 Å². The van der Waals surface area contributed by atoms with Crippen LogP contribution in [0.1, 0.15) is 32.6 Å². The molecule has 0 radical (unpaired) electrons. The Hall–Kier alpha value is -0.160. The van der Waals surface area contributed by atoms with Crippen LogP contribution in [0, 0.1) is 0 Å². The summed E-state index contributed by atoms with van der Waals surface area (Å²) in [6.07, 6.45) is 5.55. The summed E-state index contributed by atoms with van der Waals surface area (Å²) in [5, 5.41) is 0. The summed E-state index contributed by atoms with van der Waals surface area (Å²) in [5.41, 5.74) is 0. The summed E-state index contributed by atoms with van der Waals surface area (Å²) in [6.45, 7) is 9.87. The molecule has 0 N–H and O–H groups in total. The predicted molar refractivity (Wildman–Crippen MR) is 77.6 cm³/mol. The highest BCUT2D eigenvalue weighted by atomic mass is 16.5. The first-order valence-electron chi connectivity index (χ1n) is 7.90. The Morgan fingerprint density at radius 3 is 2.84 bits per heavy atom. The van der Waals surface area contributed by atoms with Crippen molar-refractivity contribution < 1.29 is 9.47 Å². The van der Waals surface area contributed by atoms with Crippen LogP contribution in [0.4, 0.5) is 0 Å². The van der Waals surface area contributed by atoms with E-state index in [-0.39, 0.29) is 0 Å². The molecule has 0 spiro atoms. The first-order valence-corrected chi connectivity index (χ1v) is 7.90. The lowest BCUT2D eigenvalue weighted by atomic mass is 10.1. The second-order valence-electron chi connectivity index (χ2n) is 5.84. The Kier molecular flexibility index (Phi) is 6.57. The number of hydrogen-bond acceptors (Lipinski definition) is 4. The minimum Gasteiger partial charge on any atom is -0.383 e. The maximum absolute atomic E-state index is 5.87. The van der Waals surface area contributed by atoms with Crippen molar-refractivity contribution in [1.82, 2.24) is 9.80 Å². The topological polar surface area (TPSA) is 24.9 Å². The van der Waals surface area contributed by atoms with Crippen molar-refractivity contribution in [2.24, 2.45) is 0 Å². The molecule has 0 aromatic heterocycles. The lowest BCUT2D eigenvalue weighted by Gasteiger charge is -2.42. The molecule has 0 aromatic carbocycles. The van der Waals surface area contributed by atoms with Gasteiger partial charge in [0.05, 0.1) is 12.7 Å². The van der Waals surface area contributed by atoms with Gasteiger partial charge in [0.2, 0.25) is 0 Å². The van der Waals surface area contributed by atoms with Gasteiger partial charge >= 0.3 is 0 Å². The molecule has 0 saturated carbocycles. The molecule has 112 valence electrons. The van der Waals surface area contributed by atoms with Crippen molar-refractivity contribution in [1.29, 1.82) is 0 Å². The smallest absolute Gasteiger partial charge is 0.0702 e. The van der Waals surface area contributed by atoms with Crippen LogP contribution in [0.2, 0.25) is 0 Å². The molecule has 2 rings (SSSR count). The normalized spacial score (nSPS) is 30.6. The quantitative estimate of drug-likeness (QED) is 0.732. The third-order valence-electron chi connectivity index (χ3n) is 4.48. The van der Waals surface area contributed by atoms with Gasteiger partial charge in [-0.25, -0.2) is 0 Å². The average Bonchev–Trinajstić information content (AvgIpc) is 2.47. The Morgan fingerprint density at radius 2 is 2.16 bits per heavy atom. The maximum Gasteiger partial charge on any atom is 0.0702 e. The first-order chi connectivity index (χ1) is 9.33. The molecule has 0 bridgehead atoms. The molecule has 2 aliphatic rings. The minimum atomic E-state index is 0.483. The van der Waals surface area contributed by atoms with Crippen LogP contribution < -0.4 is 0 Å². The van der Waals surface area contributed by atoms with Gasteiger partial charge in [0, 0.05) is 52.5 Å². The second kappa shape index (κ2) is 8.20. The van der Waals surface area contributed by atoms with Gasteiger partial charge in [0.1, 0.15) is 0 Å². The van der Waals surface area contributed by atoms with E-state index in [1.54, 1.807) is 7.11 Å². The van der Waals surface area contributed by atoms with E-state index in [9.17, 15) is 0 Å². The van der Waals surface area contributed by atoms with E-state index in [1.807, 2.05) is 0 Å². The monoisotopic (exact) mass is 270 g/mol. The van der Waals surface area contributed by atoms with E-state index in [0.29, 0.717) is 12.1 Å². The number of piperazine rings is 1. The molecule has 2 saturated heterocycles. The summed E-state index contributed by atoms with van der Waals surface area (Å²) in [4.78, 5) is 5.19. The van der Waals surface area contributed by atoms with Gasteiger partial charge in [-0.3, -0.25) is 9.80 Å². The molecular weight excluding hydrogens is 240 g/mol. The van der Waals surface area contributed by atoms with Crippen molar-refractivity contribution in [2.45, 2.75) is 44.8 Å². The number of hydrogen-bond donors (Lipinski definition) is 0. The Balaban J connectivity index is 1.75. The molecule has 2 heterocycles. The number of ether oxygens (including phenoxy) is 2. The van der Waals surface area contributed by atoms with Crippen LogP contribution in [0.25, 0.3) is 0 Å². The van der Waals surface area contributed by atoms with E-state index in [1.165, 1.54) is 45.3 Å². The van der Waals surface area contributed by atoms with E-state index in [4.69, 9.17) is 9.47 Å². The molecule has 4 nitrogen and oxygen atoms in total. The van der Waals surface area contributed by atoms with E-state index in [0.717, 1.165) is 26.3 Å². The van der Waals surface area contributed by atoms with Crippen LogP contribution in [-0.2, 0) is 9.47 Å². The zero-order valence-electron chi connectivity index (χ0n) is 12.6. The molecule has 4 heteroatoms. The molecule has 0 unspecified atom stereocenters. The summed E-state index contributed by atoms with van der Waals surface area (Å²) < 4.78 is 11.1. The number of methoxy groups -OCH3 is 1. The van der Waals surface area contributed by atoms with Gasteiger partial charge in [-0.15, -0.1) is 0 Å². The van der Waals surface area contributed by atoms with Crippen molar-refractivity contribution in [2.75, 3.05) is 53.0 Å². The van der Waals surface area contributed by atoms with Crippen molar-refractivity contribution in [3.63, 3.8) is 0 Å². The van der Waals surface area contributed by atoms with Crippen molar-refractivity contribution >= 4 is 0 Å². The van der Waals surface area contributed by atoms with Crippen LogP contribution in [0.5, 0.6) is 0 Å². The van der Waals surface area contributed by atoms with Crippen molar-refractivity contribution in [3.8, 4) is 0 Å². The van der Waals surface area contributed by atoms with Gasteiger partial charge in [-0.2, -0.15) is 0 Å². The Morgan fingerprint density at radius 1 is 1.26 bits per heavy atom. The van der Waals surface area contributed by atoms with E-state index in [2.05, 4.69) is 16.7 Å². The lowest BCUT2D eigenvalue weighted by molar-refractivity contribution is -0.0252. The summed E-state index contributed by atoms with van der Waals surface area (Å²) in [5.74, 6) is 0. The molecule has 0 amide bonds. The highest BCUT2D eigenvalue weighted by Crippen LogP contribution is 2.17. The predicted octanol–water partition coefficient (Wildman–Crippen LogP) is 1.60. The largest absolute Gasteiger partial charge is 0.383 e. The molecule has 2 atom stereocenters. The van der Waals surface area contributed by atoms with Gasteiger partial charge in [0.25, 0.3) is 0 Å². The first kappa shape index (κ1) is 15.2. The molecule has 2 aliphatic heterocycles. The minimum absolute atomic E-state index is 0.483. The zero-order valence-corrected chi connectivity index (χ0v) is 12.6. The number of rotatable bonds is 6. The molecular formula is C15H30N2O2. The van der Waals surface area contributed by atoms with Gasteiger partial charge < -0.3 is 9.47 Å². The van der Waals surface area contributed by atoms with Crippen LogP contribution in [0.3, 0.4) is 0 Å². The van der Waals surface area contributed by atoms with E-state index >= 15 is 0 Å². The Bertz CT molecular complexity index is 244. The standard InChI is InChI=1S/C15H30N2O2/c1-3-14-12-16(7-8-17(14)9-11-18-2)13-15-6-4-5-10-19-15/h14-15H,3-13H2,1-2H3/t14-,15-/m0/s1. The van der Waals surface area contributed by atoms with Crippen LogP contribution in [-0.4, -0.2) is 75.0 Å². The van der Waals surface area contributed by atoms with Gasteiger partial charge in [-0.1, -0.05) is 6.92 Å². The molecule has 0 aromatic rings. The van der Waals surface area contributed by atoms with Crippen LogP contribution in [0.15, 0.2) is 0 Å². The fraction of sp³-hybridized carbons (Fsp3) is 1.00. The lowest BCUT2D eigenvalue weighted by Crippen LogP contribution is -2.55. The second-order valence-corrected chi connectivity index (χ2v) is 5.84. The fourth-order valence-electron chi connectivity index (χ4n) is 3.25. The third kappa shape index (κ3) is 4.71. The average molecular weight is 270 g/mol. The highest BCUT2D eigenvalue weighted by Gasteiger charge is 2.27. The fourth-order valence-corrected chi connectivity index (χ4v) is 3.25. The third-order valence-corrected chi connectivity index (χ3v) is 4.48. The maximum atomic E-state index is 5.87. The highest BCUT2D eigenvalue weighted by molar-refractivity contribution is 4.83. The number of nitrogens with zero attached hydrogens (tertiary/aromatic N) is 2. The summed E-state index contributed by atoms with van der Waals surface area (Å²) in [7, 11) is 1.79. The SMILES string of the molecule is CC[C@H]1CN(C[C@@H]2CCCCO2)CCN1CCOC. The molecule has 19 heavy (non-hydrogen) atoms. The molecule has 2 fully saturated rings. The Labute approximate surface area is 118 Å². The molecule has 0 aliphatic carbocycles. The van der Waals surface area contributed by atoms with Gasteiger partial charge in [-0.05, 0) is 25.7 Å². The summed E-state index contributed by atoms with van der Waals surface area (Å²) >= 11 is 0. The van der Waals surface area contributed by atoms with Crippen molar-refractivity contribution in [3.05, 3.63) is 0 Å².